The highest BCUT2D eigenvalue weighted by molar-refractivity contribution is 7.13. The van der Waals surface area contributed by atoms with Gasteiger partial charge in [-0.2, -0.15) is 5.10 Å². The molecule has 0 unspecified atom stereocenters. The molecule has 0 aliphatic rings. The predicted molar refractivity (Wildman–Crippen MR) is 73.3 cm³/mol. The molecular formula is C13H19N3S. The first-order valence-electron chi connectivity index (χ1n) is 6.01. The Bertz CT molecular complexity index is 485. The van der Waals surface area contributed by atoms with Crippen LogP contribution >= 0.6 is 11.3 Å². The van der Waals surface area contributed by atoms with E-state index in [9.17, 15) is 0 Å². The molecule has 0 radical (unpaired) electrons. The standard InChI is InChI=1S/C13H19N3S/c1-4-5-16-10(2)12(8-15-16)13-6-11(7-14-3)9-17-13/h6,8-9,14H,4-5,7H2,1-3H3. The van der Waals surface area contributed by atoms with Gasteiger partial charge in [0.2, 0.25) is 0 Å². The molecule has 0 aliphatic carbocycles. The van der Waals surface area contributed by atoms with Gasteiger partial charge in [0, 0.05) is 29.2 Å². The normalized spacial score (nSPS) is 11.0. The van der Waals surface area contributed by atoms with Gasteiger partial charge in [0.15, 0.2) is 0 Å². The van der Waals surface area contributed by atoms with E-state index in [2.05, 4.69) is 40.4 Å². The Labute approximate surface area is 106 Å². The van der Waals surface area contributed by atoms with E-state index in [1.54, 1.807) is 11.3 Å². The lowest BCUT2D eigenvalue weighted by Gasteiger charge is -2.02. The summed E-state index contributed by atoms with van der Waals surface area (Å²) in [5, 5.41) is 9.83. The van der Waals surface area contributed by atoms with Crippen LogP contribution in [-0.4, -0.2) is 16.8 Å². The van der Waals surface area contributed by atoms with Gasteiger partial charge >= 0.3 is 0 Å². The molecule has 2 heterocycles. The van der Waals surface area contributed by atoms with Crippen LogP contribution in [0, 0.1) is 6.92 Å². The van der Waals surface area contributed by atoms with Gasteiger partial charge in [0.1, 0.15) is 0 Å². The first-order valence-corrected chi connectivity index (χ1v) is 6.89. The van der Waals surface area contributed by atoms with Gasteiger partial charge in [0.25, 0.3) is 0 Å². The molecule has 0 amide bonds. The van der Waals surface area contributed by atoms with Crippen molar-refractivity contribution < 1.29 is 0 Å². The minimum atomic E-state index is 0.929. The lowest BCUT2D eigenvalue weighted by molar-refractivity contribution is 0.587. The minimum Gasteiger partial charge on any atom is -0.316 e. The van der Waals surface area contributed by atoms with E-state index in [0.29, 0.717) is 0 Å². The third kappa shape index (κ3) is 2.58. The Morgan fingerprint density at radius 3 is 3.00 bits per heavy atom. The molecular weight excluding hydrogens is 230 g/mol. The molecule has 17 heavy (non-hydrogen) atoms. The van der Waals surface area contributed by atoms with E-state index >= 15 is 0 Å². The summed E-state index contributed by atoms with van der Waals surface area (Å²) in [4.78, 5) is 1.31. The molecule has 2 aromatic rings. The molecule has 0 atom stereocenters. The molecule has 4 heteroatoms. The molecule has 0 aliphatic heterocycles. The Morgan fingerprint density at radius 2 is 2.29 bits per heavy atom. The van der Waals surface area contributed by atoms with Crippen LogP contribution < -0.4 is 5.32 Å². The number of aryl methyl sites for hydroxylation is 1. The van der Waals surface area contributed by atoms with Crippen molar-refractivity contribution >= 4 is 11.3 Å². The number of hydrogen-bond donors (Lipinski definition) is 1. The van der Waals surface area contributed by atoms with E-state index in [1.165, 1.54) is 21.7 Å². The fourth-order valence-corrected chi connectivity index (χ4v) is 2.92. The van der Waals surface area contributed by atoms with Gasteiger partial charge in [0.05, 0.1) is 6.20 Å². The second-order valence-corrected chi connectivity index (χ2v) is 5.13. The SMILES string of the molecule is CCCn1ncc(-c2cc(CNC)cs2)c1C. The van der Waals surface area contributed by atoms with Crippen LogP contribution in [0.15, 0.2) is 17.6 Å². The molecule has 92 valence electrons. The number of hydrogen-bond acceptors (Lipinski definition) is 3. The van der Waals surface area contributed by atoms with Crippen molar-refractivity contribution in [2.75, 3.05) is 7.05 Å². The Kier molecular flexibility index (Phi) is 3.97. The lowest BCUT2D eigenvalue weighted by atomic mass is 10.2. The van der Waals surface area contributed by atoms with Crippen LogP contribution in [0.5, 0.6) is 0 Å². The van der Waals surface area contributed by atoms with Crippen LogP contribution in [0.1, 0.15) is 24.6 Å². The summed E-state index contributed by atoms with van der Waals surface area (Å²) in [6.45, 7) is 6.26. The molecule has 0 spiro atoms. The second kappa shape index (κ2) is 5.47. The second-order valence-electron chi connectivity index (χ2n) is 4.22. The molecule has 1 N–H and O–H groups in total. The maximum Gasteiger partial charge on any atom is 0.0579 e. The maximum absolute atomic E-state index is 4.44. The Balaban J connectivity index is 2.26. The van der Waals surface area contributed by atoms with Gasteiger partial charge in [-0.1, -0.05) is 6.92 Å². The van der Waals surface area contributed by atoms with Crippen molar-refractivity contribution in [2.45, 2.75) is 33.4 Å². The molecule has 0 fully saturated rings. The molecule has 3 nitrogen and oxygen atoms in total. The summed E-state index contributed by atoms with van der Waals surface area (Å²) >= 11 is 1.79. The van der Waals surface area contributed by atoms with Crippen molar-refractivity contribution in [3.8, 4) is 10.4 Å². The van der Waals surface area contributed by atoms with Gasteiger partial charge in [-0.3, -0.25) is 4.68 Å². The van der Waals surface area contributed by atoms with Gasteiger partial charge in [-0.05, 0) is 37.4 Å². The third-order valence-corrected chi connectivity index (χ3v) is 3.85. The van der Waals surface area contributed by atoms with Crippen LogP contribution in [0.25, 0.3) is 10.4 Å². The Hall–Kier alpha value is -1.13. The summed E-state index contributed by atoms with van der Waals surface area (Å²) in [6, 6.07) is 2.25. The summed E-state index contributed by atoms with van der Waals surface area (Å²) in [5.74, 6) is 0. The maximum atomic E-state index is 4.44. The molecule has 2 aromatic heterocycles. The van der Waals surface area contributed by atoms with Gasteiger partial charge < -0.3 is 5.32 Å². The lowest BCUT2D eigenvalue weighted by Crippen LogP contribution is -2.03. The first kappa shape index (κ1) is 12.3. The summed E-state index contributed by atoms with van der Waals surface area (Å²) in [5.41, 5.74) is 3.88. The van der Waals surface area contributed by atoms with E-state index in [4.69, 9.17) is 0 Å². The van der Waals surface area contributed by atoms with Crippen molar-refractivity contribution in [3.05, 3.63) is 28.9 Å². The van der Waals surface area contributed by atoms with Crippen LogP contribution in [0.2, 0.25) is 0 Å². The fraction of sp³-hybridized carbons (Fsp3) is 0.462. The van der Waals surface area contributed by atoms with Crippen molar-refractivity contribution in [1.82, 2.24) is 15.1 Å². The monoisotopic (exact) mass is 249 g/mol. The average Bonchev–Trinajstić information content (AvgIpc) is 2.89. The number of rotatable bonds is 5. The highest BCUT2D eigenvalue weighted by Gasteiger charge is 2.10. The summed E-state index contributed by atoms with van der Waals surface area (Å²) < 4.78 is 2.09. The molecule has 0 saturated carbocycles. The zero-order chi connectivity index (χ0) is 12.3. The first-order chi connectivity index (χ1) is 8.26. The van der Waals surface area contributed by atoms with Crippen molar-refractivity contribution in [1.29, 1.82) is 0 Å². The topological polar surface area (TPSA) is 29.9 Å². The fourth-order valence-electron chi connectivity index (χ4n) is 1.94. The highest BCUT2D eigenvalue weighted by atomic mass is 32.1. The van der Waals surface area contributed by atoms with E-state index in [0.717, 1.165) is 19.5 Å². The zero-order valence-corrected chi connectivity index (χ0v) is 11.5. The minimum absolute atomic E-state index is 0.929. The molecule has 0 bridgehead atoms. The largest absolute Gasteiger partial charge is 0.316 e. The van der Waals surface area contributed by atoms with Crippen LogP contribution in [0.3, 0.4) is 0 Å². The molecule has 0 aromatic carbocycles. The van der Waals surface area contributed by atoms with Crippen LogP contribution in [-0.2, 0) is 13.1 Å². The van der Waals surface area contributed by atoms with Gasteiger partial charge in [-0.25, -0.2) is 0 Å². The average molecular weight is 249 g/mol. The van der Waals surface area contributed by atoms with Crippen LogP contribution in [0.4, 0.5) is 0 Å². The number of thiophene rings is 1. The number of aromatic nitrogens is 2. The smallest absolute Gasteiger partial charge is 0.0579 e. The summed E-state index contributed by atoms with van der Waals surface area (Å²) in [6.07, 6.45) is 3.11. The van der Waals surface area contributed by atoms with E-state index in [1.807, 2.05) is 13.2 Å². The molecule has 0 saturated heterocycles. The number of nitrogens with zero attached hydrogens (tertiary/aromatic N) is 2. The highest BCUT2D eigenvalue weighted by Crippen LogP contribution is 2.29. The van der Waals surface area contributed by atoms with Crippen molar-refractivity contribution in [2.24, 2.45) is 0 Å². The zero-order valence-electron chi connectivity index (χ0n) is 10.7. The quantitative estimate of drug-likeness (QED) is 0.882. The Morgan fingerprint density at radius 1 is 1.47 bits per heavy atom. The van der Waals surface area contributed by atoms with E-state index < -0.39 is 0 Å². The van der Waals surface area contributed by atoms with E-state index in [-0.39, 0.29) is 0 Å². The third-order valence-electron chi connectivity index (χ3n) is 2.84. The number of nitrogens with one attached hydrogen (secondary N) is 1. The predicted octanol–water partition coefficient (Wildman–Crippen LogP) is 3.05. The van der Waals surface area contributed by atoms with Crippen molar-refractivity contribution in [3.63, 3.8) is 0 Å². The van der Waals surface area contributed by atoms with Gasteiger partial charge in [-0.15, -0.1) is 11.3 Å². The summed E-state index contributed by atoms with van der Waals surface area (Å²) in [7, 11) is 1.97. The molecule has 2 rings (SSSR count).